The van der Waals surface area contributed by atoms with Gasteiger partial charge < -0.3 is 4.74 Å². The highest BCUT2D eigenvalue weighted by molar-refractivity contribution is 9.09. The van der Waals surface area contributed by atoms with Crippen LogP contribution in [0.3, 0.4) is 0 Å². The van der Waals surface area contributed by atoms with E-state index in [4.69, 9.17) is 4.74 Å². The first kappa shape index (κ1) is 13.7. The lowest BCUT2D eigenvalue weighted by Crippen LogP contribution is -2.18. The van der Waals surface area contributed by atoms with E-state index in [1.165, 1.54) is 22.3 Å². The molecule has 0 N–H and O–H groups in total. The minimum absolute atomic E-state index is 0.340. The Hall–Kier alpha value is -1.28. The van der Waals surface area contributed by atoms with Crippen molar-refractivity contribution in [2.75, 3.05) is 6.61 Å². The van der Waals surface area contributed by atoms with Crippen molar-refractivity contribution in [3.8, 4) is 5.75 Å². The molecule has 20 heavy (non-hydrogen) atoms. The van der Waals surface area contributed by atoms with Gasteiger partial charge in [0.05, 0.1) is 6.61 Å². The van der Waals surface area contributed by atoms with E-state index in [1.807, 2.05) is 6.07 Å². The quantitative estimate of drug-likeness (QED) is 0.678. The van der Waals surface area contributed by atoms with Crippen molar-refractivity contribution in [1.29, 1.82) is 0 Å². The molecule has 2 heteroatoms. The highest BCUT2D eigenvalue weighted by Gasteiger charge is 2.29. The number of para-hydroxylation sites is 1. The smallest absolute Gasteiger partial charge is 0.122 e. The number of hydrogen-bond donors (Lipinski definition) is 0. The van der Waals surface area contributed by atoms with Crippen molar-refractivity contribution in [3.63, 3.8) is 0 Å². The van der Waals surface area contributed by atoms with Crippen molar-refractivity contribution in [2.45, 2.75) is 31.0 Å². The lowest BCUT2D eigenvalue weighted by atomic mass is 9.86. The lowest BCUT2D eigenvalue weighted by Gasteiger charge is -2.30. The first-order chi connectivity index (χ1) is 9.66. The van der Waals surface area contributed by atoms with E-state index in [-0.39, 0.29) is 0 Å². The van der Waals surface area contributed by atoms with Gasteiger partial charge in [0.1, 0.15) is 5.75 Å². The summed E-state index contributed by atoms with van der Waals surface area (Å²) in [6.07, 6.45) is 1.06. The molecule has 1 aliphatic rings. The van der Waals surface area contributed by atoms with Crippen LogP contribution in [0.1, 0.15) is 39.4 Å². The van der Waals surface area contributed by atoms with Gasteiger partial charge in [0, 0.05) is 10.7 Å². The zero-order valence-electron chi connectivity index (χ0n) is 11.9. The Kier molecular flexibility index (Phi) is 3.84. The van der Waals surface area contributed by atoms with Crippen molar-refractivity contribution in [3.05, 3.63) is 64.7 Å². The van der Waals surface area contributed by atoms with Gasteiger partial charge in [-0.2, -0.15) is 0 Å². The molecular formula is C18H19BrO. The number of rotatable bonds is 2. The standard InChI is InChI=1S/C18H19BrO/c1-12-7-8-13(2)16(11-12)18(19)15-9-10-20-17-6-4-3-5-14(15)17/h3-8,11,15,18H,9-10H2,1-2H3. The topological polar surface area (TPSA) is 9.23 Å². The van der Waals surface area contributed by atoms with Gasteiger partial charge in [-0.05, 0) is 43.0 Å². The van der Waals surface area contributed by atoms with Crippen LogP contribution in [0.4, 0.5) is 0 Å². The van der Waals surface area contributed by atoms with Crippen LogP contribution in [0.2, 0.25) is 0 Å². The molecule has 2 atom stereocenters. The van der Waals surface area contributed by atoms with Gasteiger partial charge in [-0.3, -0.25) is 0 Å². The monoisotopic (exact) mass is 330 g/mol. The van der Waals surface area contributed by atoms with Gasteiger partial charge in [-0.25, -0.2) is 0 Å². The normalized spacial score (nSPS) is 19.1. The molecule has 0 bridgehead atoms. The highest BCUT2D eigenvalue weighted by Crippen LogP contribution is 2.46. The molecular weight excluding hydrogens is 312 g/mol. The van der Waals surface area contributed by atoms with E-state index in [1.54, 1.807) is 0 Å². The summed E-state index contributed by atoms with van der Waals surface area (Å²) >= 11 is 3.95. The van der Waals surface area contributed by atoms with Crippen molar-refractivity contribution in [2.24, 2.45) is 0 Å². The molecule has 3 rings (SSSR count). The summed E-state index contributed by atoms with van der Waals surface area (Å²) in [6.45, 7) is 5.14. The summed E-state index contributed by atoms with van der Waals surface area (Å²) in [7, 11) is 0. The molecule has 1 nitrogen and oxygen atoms in total. The Labute approximate surface area is 129 Å². The maximum atomic E-state index is 5.77. The van der Waals surface area contributed by atoms with E-state index in [0.717, 1.165) is 18.8 Å². The molecule has 104 valence electrons. The molecule has 0 spiro atoms. The second-order valence-electron chi connectivity index (χ2n) is 5.54. The van der Waals surface area contributed by atoms with Crippen LogP contribution in [0.25, 0.3) is 0 Å². The van der Waals surface area contributed by atoms with E-state index in [9.17, 15) is 0 Å². The molecule has 0 saturated heterocycles. The fourth-order valence-electron chi connectivity index (χ4n) is 2.95. The molecule has 2 unspecified atom stereocenters. The van der Waals surface area contributed by atoms with Crippen molar-refractivity contribution < 1.29 is 4.74 Å². The average molecular weight is 331 g/mol. The third kappa shape index (κ3) is 2.49. The van der Waals surface area contributed by atoms with Crippen LogP contribution >= 0.6 is 15.9 Å². The minimum Gasteiger partial charge on any atom is -0.493 e. The van der Waals surface area contributed by atoms with Crippen molar-refractivity contribution in [1.82, 2.24) is 0 Å². The largest absolute Gasteiger partial charge is 0.493 e. The molecule has 0 saturated carbocycles. The van der Waals surface area contributed by atoms with Crippen LogP contribution in [0.5, 0.6) is 5.75 Å². The van der Waals surface area contributed by atoms with Crippen LogP contribution in [0.15, 0.2) is 42.5 Å². The summed E-state index contributed by atoms with van der Waals surface area (Å²) in [5, 5.41) is 0. The number of fused-ring (bicyclic) bond motifs is 1. The maximum absolute atomic E-state index is 5.77. The summed E-state index contributed by atoms with van der Waals surface area (Å²) in [5.74, 6) is 1.51. The second-order valence-corrected chi connectivity index (χ2v) is 6.53. The molecule has 2 aromatic rings. The SMILES string of the molecule is Cc1ccc(C)c(C(Br)C2CCOc3ccccc32)c1. The number of halogens is 1. The Bertz CT molecular complexity index is 621. The zero-order valence-corrected chi connectivity index (χ0v) is 13.5. The fourth-order valence-corrected chi connectivity index (χ4v) is 3.99. The average Bonchev–Trinajstić information content (AvgIpc) is 2.48. The summed E-state index contributed by atoms with van der Waals surface area (Å²) < 4.78 is 5.77. The van der Waals surface area contributed by atoms with E-state index in [0.29, 0.717) is 10.7 Å². The highest BCUT2D eigenvalue weighted by atomic mass is 79.9. The predicted octanol–water partition coefficient (Wildman–Crippen LogP) is 5.31. The fraction of sp³-hybridized carbons (Fsp3) is 0.333. The first-order valence-corrected chi connectivity index (χ1v) is 8.01. The number of alkyl halides is 1. The summed E-state index contributed by atoms with van der Waals surface area (Å²) in [6, 6.07) is 15.1. The molecule has 0 amide bonds. The molecule has 1 heterocycles. The van der Waals surface area contributed by atoms with Crippen LogP contribution in [-0.2, 0) is 0 Å². The van der Waals surface area contributed by atoms with Crippen LogP contribution < -0.4 is 4.74 Å². The number of ether oxygens (including phenoxy) is 1. The first-order valence-electron chi connectivity index (χ1n) is 7.10. The maximum Gasteiger partial charge on any atom is 0.122 e. The lowest BCUT2D eigenvalue weighted by molar-refractivity contribution is 0.266. The van der Waals surface area contributed by atoms with E-state index >= 15 is 0 Å². The Morgan fingerprint density at radius 2 is 1.95 bits per heavy atom. The molecule has 2 aromatic carbocycles. The van der Waals surface area contributed by atoms with Crippen LogP contribution in [-0.4, -0.2) is 6.61 Å². The molecule has 0 radical (unpaired) electrons. The Morgan fingerprint density at radius 1 is 1.15 bits per heavy atom. The van der Waals surface area contributed by atoms with Gasteiger partial charge in [-0.15, -0.1) is 0 Å². The molecule has 0 aliphatic carbocycles. The van der Waals surface area contributed by atoms with E-state index in [2.05, 4.69) is 66.2 Å². The third-order valence-electron chi connectivity index (χ3n) is 4.09. The number of hydrogen-bond acceptors (Lipinski definition) is 1. The number of aryl methyl sites for hydroxylation is 2. The zero-order chi connectivity index (χ0) is 14.1. The summed E-state index contributed by atoms with van der Waals surface area (Å²) in [5.41, 5.74) is 5.38. The van der Waals surface area contributed by atoms with E-state index < -0.39 is 0 Å². The predicted molar refractivity (Wildman–Crippen MR) is 86.9 cm³/mol. The Balaban J connectivity index is 1.99. The summed E-state index contributed by atoms with van der Waals surface area (Å²) in [4.78, 5) is 0.340. The van der Waals surface area contributed by atoms with Gasteiger partial charge in [0.25, 0.3) is 0 Å². The molecule has 0 aromatic heterocycles. The third-order valence-corrected chi connectivity index (χ3v) is 5.22. The minimum atomic E-state index is 0.340. The van der Waals surface area contributed by atoms with Gasteiger partial charge >= 0.3 is 0 Å². The Morgan fingerprint density at radius 3 is 2.80 bits per heavy atom. The molecule has 1 aliphatic heterocycles. The molecule has 0 fully saturated rings. The van der Waals surface area contributed by atoms with Crippen molar-refractivity contribution >= 4 is 15.9 Å². The van der Waals surface area contributed by atoms with Crippen LogP contribution in [0, 0.1) is 13.8 Å². The second kappa shape index (κ2) is 5.61. The van der Waals surface area contributed by atoms with Gasteiger partial charge in [0.15, 0.2) is 0 Å². The number of benzene rings is 2. The van der Waals surface area contributed by atoms with Gasteiger partial charge in [-0.1, -0.05) is 57.9 Å². The van der Waals surface area contributed by atoms with Gasteiger partial charge in [0.2, 0.25) is 0 Å².